The summed E-state index contributed by atoms with van der Waals surface area (Å²) in [5.41, 5.74) is 0.139. The number of carbonyl (C=O) groups excluding carboxylic acids is 1. The minimum atomic E-state index is -0.464. The van der Waals surface area contributed by atoms with Gasteiger partial charge in [0.05, 0.1) is 18.8 Å². The lowest BCUT2D eigenvalue weighted by molar-refractivity contribution is 0.0655. The van der Waals surface area contributed by atoms with E-state index >= 15 is 0 Å². The van der Waals surface area contributed by atoms with Crippen molar-refractivity contribution in [1.29, 1.82) is 0 Å². The Morgan fingerprint density at radius 1 is 1.33 bits per heavy atom. The largest absolute Gasteiger partial charge is 0.495 e. The minimum absolute atomic E-state index is 0.101. The highest BCUT2D eigenvalue weighted by Gasteiger charge is 2.37. The maximum absolute atomic E-state index is 12.7. The Labute approximate surface area is 109 Å². The SMILES string of the molecule is CCC(CC)(C(=O)c1cncc(OC)c1)N(C)C. The number of aromatic nitrogens is 1. The van der Waals surface area contributed by atoms with Crippen LogP contribution in [0.15, 0.2) is 18.5 Å². The predicted molar refractivity (Wildman–Crippen MR) is 72.1 cm³/mol. The molecule has 4 heteroatoms. The van der Waals surface area contributed by atoms with E-state index in [1.54, 1.807) is 25.6 Å². The summed E-state index contributed by atoms with van der Waals surface area (Å²) in [6, 6.07) is 1.75. The summed E-state index contributed by atoms with van der Waals surface area (Å²) in [7, 11) is 5.46. The number of ketones is 1. The van der Waals surface area contributed by atoms with E-state index in [0.29, 0.717) is 11.3 Å². The number of rotatable bonds is 6. The Hall–Kier alpha value is -1.42. The quantitative estimate of drug-likeness (QED) is 0.727. The van der Waals surface area contributed by atoms with Gasteiger partial charge in [-0.05, 0) is 33.0 Å². The molecular formula is C14H22N2O2. The Bertz CT molecular complexity index is 412. The highest BCUT2D eigenvalue weighted by molar-refractivity contribution is 6.03. The molecule has 0 saturated carbocycles. The maximum Gasteiger partial charge on any atom is 0.184 e. The molecule has 4 nitrogen and oxygen atoms in total. The van der Waals surface area contributed by atoms with Crippen LogP contribution in [-0.2, 0) is 0 Å². The Balaban J connectivity index is 3.17. The molecule has 1 rings (SSSR count). The van der Waals surface area contributed by atoms with E-state index < -0.39 is 5.54 Å². The first-order valence-electron chi connectivity index (χ1n) is 6.23. The molecule has 0 atom stereocenters. The topological polar surface area (TPSA) is 42.4 Å². The van der Waals surface area contributed by atoms with Crippen LogP contribution < -0.4 is 4.74 Å². The number of methoxy groups -OCH3 is 1. The number of ether oxygens (including phenoxy) is 1. The smallest absolute Gasteiger partial charge is 0.184 e. The van der Waals surface area contributed by atoms with Gasteiger partial charge in [-0.3, -0.25) is 14.7 Å². The fourth-order valence-electron chi connectivity index (χ4n) is 2.33. The number of pyridine rings is 1. The van der Waals surface area contributed by atoms with Gasteiger partial charge < -0.3 is 4.74 Å². The molecule has 0 amide bonds. The van der Waals surface area contributed by atoms with Crippen LogP contribution >= 0.6 is 0 Å². The second-order valence-electron chi connectivity index (χ2n) is 4.58. The number of likely N-dealkylation sites (N-methyl/N-ethyl adjacent to an activating group) is 1. The molecule has 0 bridgehead atoms. The lowest BCUT2D eigenvalue weighted by Crippen LogP contribution is -2.50. The summed E-state index contributed by atoms with van der Waals surface area (Å²) in [6.45, 7) is 4.07. The van der Waals surface area contributed by atoms with E-state index in [2.05, 4.69) is 4.98 Å². The van der Waals surface area contributed by atoms with Crippen LogP contribution in [0.3, 0.4) is 0 Å². The number of Topliss-reactive ketones (excluding diaryl/α,β-unsaturated/α-hetero) is 1. The van der Waals surface area contributed by atoms with Gasteiger partial charge in [-0.25, -0.2) is 0 Å². The van der Waals surface area contributed by atoms with Gasteiger partial charge in [0.2, 0.25) is 0 Å². The summed E-state index contributed by atoms with van der Waals surface area (Å²) in [5.74, 6) is 0.713. The third kappa shape index (κ3) is 2.53. The van der Waals surface area contributed by atoms with Crippen molar-refractivity contribution in [2.24, 2.45) is 0 Å². The fraction of sp³-hybridized carbons (Fsp3) is 0.571. The lowest BCUT2D eigenvalue weighted by Gasteiger charge is -2.37. The standard InChI is InChI=1S/C14H22N2O2/c1-6-14(7-2,16(3)4)13(17)11-8-12(18-5)10-15-9-11/h8-10H,6-7H2,1-5H3. The van der Waals surface area contributed by atoms with Crippen LogP contribution in [-0.4, -0.2) is 42.4 Å². The number of hydrogen-bond donors (Lipinski definition) is 0. The van der Waals surface area contributed by atoms with Crippen molar-refractivity contribution in [2.45, 2.75) is 32.2 Å². The molecule has 0 N–H and O–H groups in total. The van der Waals surface area contributed by atoms with Gasteiger partial charge >= 0.3 is 0 Å². The van der Waals surface area contributed by atoms with Crippen LogP contribution in [0.4, 0.5) is 0 Å². The van der Waals surface area contributed by atoms with Crippen LogP contribution in [0.5, 0.6) is 5.75 Å². The maximum atomic E-state index is 12.7. The van der Waals surface area contributed by atoms with Crippen molar-refractivity contribution in [1.82, 2.24) is 9.88 Å². The van der Waals surface area contributed by atoms with Crippen molar-refractivity contribution in [3.05, 3.63) is 24.0 Å². The van der Waals surface area contributed by atoms with E-state index in [1.165, 1.54) is 0 Å². The summed E-state index contributed by atoms with van der Waals surface area (Å²) in [5, 5.41) is 0. The molecule has 0 fully saturated rings. The molecule has 0 aliphatic carbocycles. The van der Waals surface area contributed by atoms with Crippen molar-refractivity contribution in [2.75, 3.05) is 21.2 Å². The van der Waals surface area contributed by atoms with Crippen LogP contribution in [0.25, 0.3) is 0 Å². The van der Waals surface area contributed by atoms with Crippen LogP contribution in [0.2, 0.25) is 0 Å². The fourth-order valence-corrected chi connectivity index (χ4v) is 2.33. The first-order chi connectivity index (χ1) is 8.51. The van der Waals surface area contributed by atoms with Crippen LogP contribution in [0.1, 0.15) is 37.0 Å². The second kappa shape index (κ2) is 5.96. The zero-order valence-corrected chi connectivity index (χ0v) is 11.9. The van der Waals surface area contributed by atoms with Gasteiger partial charge in [0.25, 0.3) is 0 Å². The average Bonchev–Trinajstić information content (AvgIpc) is 2.40. The van der Waals surface area contributed by atoms with Gasteiger partial charge in [0.1, 0.15) is 5.75 Å². The number of hydrogen-bond acceptors (Lipinski definition) is 4. The highest BCUT2D eigenvalue weighted by Crippen LogP contribution is 2.27. The van der Waals surface area contributed by atoms with Crippen molar-refractivity contribution < 1.29 is 9.53 Å². The Kier molecular flexibility index (Phi) is 4.84. The number of carbonyl (C=O) groups is 1. The second-order valence-corrected chi connectivity index (χ2v) is 4.58. The zero-order valence-electron chi connectivity index (χ0n) is 11.9. The minimum Gasteiger partial charge on any atom is -0.495 e. The lowest BCUT2D eigenvalue weighted by atomic mass is 9.83. The van der Waals surface area contributed by atoms with Gasteiger partial charge in [-0.2, -0.15) is 0 Å². The third-order valence-corrected chi connectivity index (χ3v) is 3.66. The van der Waals surface area contributed by atoms with Gasteiger partial charge in [-0.1, -0.05) is 13.8 Å². The molecule has 1 aromatic heterocycles. The summed E-state index contributed by atoms with van der Waals surface area (Å²) in [6.07, 6.45) is 4.75. The van der Waals surface area contributed by atoms with Crippen LogP contribution in [0, 0.1) is 0 Å². The predicted octanol–water partition coefficient (Wildman–Crippen LogP) is 2.39. The molecule has 0 aliphatic heterocycles. The molecule has 100 valence electrons. The Morgan fingerprint density at radius 3 is 2.39 bits per heavy atom. The molecule has 0 aromatic carbocycles. The molecule has 0 saturated heterocycles. The van der Waals surface area contributed by atoms with Crippen molar-refractivity contribution in [3.8, 4) is 5.75 Å². The molecular weight excluding hydrogens is 228 g/mol. The summed E-state index contributed by atoms with van der Waals surface area (Å²) >= 11 is 0. The van der Waals surface area contributed by atoms with E-state index in [1.807, 2.05) is 32.8 Å². The molecule has 1 heterocycles. The molecule has 1 aromatic rings. The van der Waals surface area contributed by atoms with E-state index in [-0.39, 0.29) is 5.78 Å². The van der Waals surface area contributed by atoms with Crippen molar-refractivity contribution >= 4 is 5.78 Å². The molecule has 18 heavy (non-hydrogen) atoms. The first kappa shape index (κ1) is 14.6. The molecule has 0 unspecified atom stereocenters. The first-order valence-corrected chi connectivity index (χ1v) is 6.23. The summed E-state index contributed by atoms with van der Waals surface area (Å²) < 4.78 is 5.12. The Morgan fingerprint density at radius 2 is 1.94 bits per heavy atom. The van der Waals surface area contributed by atoms with Gasteiger partial charge in [0.15, 0.2) is 5.78 Å². The summed E-state index contributed by atoms with van der Waals surface area (Å²) in [4.78, 5) is 18.7. The monoisotopic (exact) mass is 250 g/mol. The third-order valence-electron chi connectivity index (χ3n) is 3.66. The normalized spacial score (nSPS) is 11.7. The van der Waals surface area contributed by atoms with E-state index in [9.17, 15) is 4.79 Å². The van der Waals surface area contributed by atoms with Gasteiger partial charge in [-0.15, -0.1) is 0 Å². The number of nitrogens with zero attached hydrogens (tertiary/aromatic N) is 2. The molecule has 0 radical (unpaired) electrons. The molecule has 0 spiro atoms. The van der Waals surface area contributed by atoms with E-state index in [4.69, 9.17) is 4.74 Å². The highest BCUT2D eigenvalue weighted by atomic mass is 16.5. The molecule has 0 aliphatic rings. The van der Waals surface area contributed by atoms with E-state index in [0.717, 1.165) is 12.8 Å². The van der Waals surface area contributed by atoms with Gasteiger partial charge in [0, 0.05) is 11.8 Å². The zero-order chi connectivity index (χ0) is 13.8. The average molecular weight is 250 g/mol. The van der Waals surface area contributed by atoms with Crippen molar-refractivity contribution in [3.63, 3.8) is 0 Å².